The molecule has 0 saturated heterocycles. The predicted octanol–water partition coefficient (Wildman–Crippen LogP) is 4.28. The van der Waals surface area contributed by atoms with Crippen molar-refractivity contribution in [1.82, 2.24) is 13.9 Å². The topological polar surface area (TPSA) is 74.9 Å². The minimum Gasteiger partial charge on any atom is -0.366 e. The van der Waals surface area contributed by atoms with Crippen molar-refractivity contribution in [3.05, 3.63) is 76.0 Å². The third-order valence-electron chi connectivity index (χ3n) is 6.01. The smallest absolute Gasteiger partial charge is 0.279 e. The number of rotatable bonds is 9. The van der Waals surface area contributed by atoms with Crippen molar-refractivity contribution in [1.29, 1.82) is 0 Å². The van der Waals surface area contributed by atoms with Gasteiger partial charge in [-0.05, 0) is 38.8 Å². The summed E-state index contributed by atoms with van der Waals surface area (Å²) in [6.45, 7) is 10.4. The third kappa shape index (κ3) is 3.90. The van der Waals surface area contributed by atoms with E-state index in [9.17, 15) is 9.59 Å². The number of unbranched alkanes of at least 4 members (excludes halogenated alkanes) is 2. The first-order valence-corrected chi connectivity index (χ1v) is 10.8. The lowest BCUT2D eigenvalue weighted by Gasteiger charge is -2.11. The summed E-state index contributed by atoms with van der Waals surface area (Å²) in [5.74, 6) is -0.513. The molecule has 2 aromatic heterocycles. The van der Waals surface area contributed by atoms with Gasteiger partial charge in [-0.2, -0.15) is 0 Å². The Bertz CT molecular complexity index is 1160. The van der Waals surface area contributed by atoms with Crippen LogP contribution in [0.2, 0.25) is 0 Å². The van der Waals surface area contributed by atoms with Crippen molar-refractivity contribution >= 4 is 5.91 Å². The molecule has 1 amide bonds. The molecule has 0 aliphatic rings. The molecule has 0 aliphatic carbocycles. The Labute approximate surface area is 183 Å². The quantitative estimate of drug-likeness (QED) is 0.414. The maximum absolute atomic E-state index is 13.7. The molecule has 6 nitrogen and oxygen atoms in total. The second-order valence-electron chi connectivity index (χ2n) is 7.94. The highest BCUT2D eigenvalue weighted by atomic mass is 16.1. The van der Waals surface area contributed by atoms with E-state index in [1.54, 1.807) is 4.68 Å². The third-order valence-corrected chi connectivity index (χ3v) is 6.01. The van der Waals surface area contributed by atoms with Crippen LogP contribution in [-0.2, 0) is 20.0 Å². The molecule has 1 aromatic carbocycles. The second-order valence-corrected chi connectivity index (χ2v) is 7.94. The summed E-state index contributed by atoms with van der Waals surface area (Å²) < 4.78 is 5.57. The lowest BCUT2D eigenvalue weighted by Crippen LogP contribution is -2.21. The minimum absolute atomic E-state index is 0.152. The number of nitrogens with two attached hydrogens (primary N) is 1. The molecule has 2 heterocycles. The van der Waals surface area contributed by atoms with E-state index in [-0.39, 0.29) is 5.56 Å². The van der Waals surface area contributed by atoms with Crippen LogP contribution in [0.5, 0.6) is 0 Å². The normalized spacial score (nSPS) is 11.1. The molecule has 0 fully saturated rings. The molecule has 0 saturated carbocycles. The van der Waals surface area contributed by atoms with E-state index >= 15 is 0 Å². The number of amides is 1. The summed E-state index contributed by atoms with van der Waals surface area (Å²) in [4.78, 5) is 26.3. The standard InChI is InChI=1S/C25H32N4O2/c1-6-8-10-15-20-23(21(24(26)30)18(4)28(20)16-7-2)22-17(3)27(5)29(25(22)31)19-13-11-9-12-14-19/h7,9,11-14H,2,6,8,10,15-16H2,1,3-5H3,(H2,26,30). The maximum atomic E-state index is 13.7. The number of hydrogen-bond donors (Lipinski definition) is 1. The monoisotopic (exact) mass is 420 g/mol. The highest BCUT2D eigenvalue weighted by molar-refractivity contribution is 6.02. The summed E-state index contributed by atoms with van der Waals surface area (Å²) in [5.41, 5.74) is 10.7. The Kier molecular flexibility index (Phi) is 6.68. The first-order chi connectivity index (χ1) is 14.8. The number of primary amides is 1. The van der Waals surface area contributed by atoms with Gasteiger partial charge in [0.1, 0.15) is 0 Å². The molecule has 0 spiro atoms. The highest BCUT2D eigenvalue weighted by Gasteiger charge is 2.29. The van der Waals surface area contributed by atoms with E-state index < -0.39 is 5.91 Å². The zero-order valence-corrected chi connectivity index (χ0v) is 18.9. The highest BCUT2D eigenvalue weighted by Crippen LogP contribution is 2.34. The van der Waals surface area contributed by atoms with Gasteiger partial charge in [-0.1, -0.05) is 44.0 Å². The molecule has 3 rings (SSSR count). The Hall–Kier alpha value is -3.28. The van der Waals surface area contributed by atoms with Gasteiger partial charge in [-0.25, -0.2) is 4.68 Å². The molecule has 2 N–H and O–H groups in total. The number of carbonyl (C=O) groups excluding carboxylic acids is 1. The summed E-state index contributed by atoms with van der Waals surface area (Å²) in [6, 6.07) is 9.52. The van der Waals surface area contributed by atoms with E-state index in [0.29, 0.717) is 23.2 Å². The van der Waals surface area contributed by atoms with Gasteiger partial charge in [0, 0.05) is 36.2 Å². The number of nitrogens with zero attached hydrogens (tertiary/aromatic N) is 3. The lowest BCUT2D eigenvalue weighted by molar-refractivity contribution is 0.1000. The number of allylic oxidation sites excluding steroid dienone is 1. The number of benzene rings is 1. The van der Waals surface area contributed by atoms with Crippen LogP contribution in [0, 0.1) is 13.8 Å². The molecule has 0 unspecified atom stereocenters. The van der Waals surface area contributed by atoms with Crippen LogP contribution in [0.4, 0.5) is 0 Å². The van der Waals surface area contributed by atoms with E-state index in [0.717, 1.165) is 48.5 Å². The van der Waals surface area contributed by atoms with E-state index in [1.165, 1.54) is 0 Å². The van der Waals surface area contributed by atoms with Crippen LogP contribution in [0.15, 0.2) is 47.8 Å². The van der Waals surface area contributed by atoms with E-state index in [1.807, 2.05) is 62.0 Å². The molecule has 0 bridgehead atoms. The van der Waals surface area contributed by atoms with Crippen LogP contribution < -0.4 is 11.3 Å². The van der Waals surface area contributed by atoms with Gasteiger partial charge in [0.15, 0.2) is 0 Å². The fourth-order valence-electron chi connectivity index (χ4n) is 4.40. The molecule has 6 heteroatoms. The van der Waals surface area contributed by atoms with Gasteiger partial charge in [-0.15, -0.1) is 6.58 Å². The van der Waals surface area contributed by atoms with Crippen molar-refractivity contribution in [3.8, 4) is 16.8 Å². The molecule has 164 valence electrons. The van der Waals surface area contributed by atoms with E-state index in [2.05, 4.69) is 18.1 Å². The Morgan fingerprint density at radius 3 is 2.35 bits per heavy atom. The summed E-state index contributed by atoms with van der Waals surface area (Å²) in [5, 5.41) is 0. The van der Waals surface area contributed by atoms with E-state index in [4.69, 9.17) is 5.73 Å². The van der Waals surface area contributed by atoms with Crippen LogP contribution in [0.3, 0.4) is 0 Å². The molecule has 0 atom stereocenters. The number of hydrogen-bond acceptors (Lipinski definition) is 2. The van der Waals surface area contributed by atoms with Crippen LogP contribution in [0.1, 0.15) is 53.6 Å². The Balaban J connectivity index is 2.37. The van der Waals surface area contributed by atoms with Gasteiger partial charge in [0.2, 0.25) is 0 Å². The molecule has 0 radical (unpaired) electrons. The van der Waals surface area contributed by atoms with Gasteiger partial charge < -0.3 is 10.3 Å². The molecular weight excluding hydrogens is 388 g/mol. The van der Waals surface area contributed by atoms with Crippen LogP contribution in [0.25, 0.3) is 16.8 Å². The van der Waals surface area contributed by atoms with Crippen LogP contribution in [-0.4, -0.2) is 19.8 Å². The number of carbonyl (C=O) groups is 1. The van der Waals surface area contributed by atoms with Gasteiger partial charge >= 0.3 is 0 Å². The van der Waals surface area contributed by atoms with Crippen molar-refractivity contribution in [2.45, 2.75) is 53.0 Å². The fraction of sp³-hybridized carbons (Fsp3) is 0.360. The Morgan fingerprint density at radius 1 is 1.10 bits per heavy atom. The molecule has 31 heavy (non-hydrogen) atoms. The van der Waals surface area contributed by atoms with Crippen molar-refractivity contribution in [3.63, 3.8) is 0 Å². The zero-order chi connectivity index (χ0) is 22.7. The fourth-order valence-corrected chi connectivity index (χ4v) is 4.40. The number of para-hydroxylation sites is 1. The number of aromatic nitrogens is 3. The van der Waals surface area contributed by atoms with Crippen molar-refractivity contribution < 1.29 is 4.79 Å². The first kappa shape index (κ1) is 22.4. The minimum atomic E-state index is -0.513. The van der Waals surface area contributed by atoms with Gasteiger partial charge in [-0.3, -0.25) is 14.3 Å². The molecule has 0 aliphatic heterocycles. The van der Waals surface area contributed by atoms with Gasteiger partial charge in [0.25, 0.3) is 11.5 Å². The average molecular weight is 421 g/mol. The Morgan fingerprint density at radius 2 is 1.77 bits per heavy atom. The maximum Gasteiger partial charge on any atom is 0.279 e. The van der Waals surface area contributed by atoms with Crippen molar-refractivity contribution in [2.75, 3.05) is 0 Å². The van der Waals surface area contributed by atoms with Crippen LogP contribution >= 0.6 is 0 Å². The zero-order valence-electron chi connectivity index (χ0n) is 18.9. The largest absolute Gasteiger partial charge is 0.366 e. The molecular formula is C25H32N4O2. The summed E-state index contributed by atoms with van der Waals surface area (Å²) in [7, 11) is 1.86. The molecule has 3 aromatic rings. The van der Waals surface area contributed by atoms with Crippen molar-refractivity contribution in [2.24, 2.45) is 12.8 Å². The summed E-state index contributed by atoms with van der Waals surface area (Å²) in [6.07, 6.45) is 5.71. The second kappa shape index (κ2) is 9.25. The first-order valence-electron chi connectivity index (χ1n) is 10.8. The lowest BCUT2D eigenvalue weighted by atomic mass is 9.97. The predicted molar refractivity (Wildman–Crippen MR) is 126 cm³/mol. The average Bonchev–Trinajstić information content (AvgIpc) is 3.13. The summed E-state index contributed by atoms with van der Waals surface area (Å²) >= 11 is 0. The SMILES string of the molecule is C=CCn1c(C)c(C(N)=O)c(-c2c(C)n(C)n(-c3ccccc3)c2=O)c1CCCCC. The van der Waals surface area contributed by atoms with Gasteiger partial charge in [0.05, 0.1) is 16.8 Å².